The minimum Gasteiger partial charge on any atom is -0.416 e. The molecule has 0 aliphatic heterocycles. The molecule has 5 heteroatoms. The van der Waals surface area contributed by atoms with Crippen LogP contribution in [0.25, 0.3) is 0 Å². The van der Waals surface area contributed by atoms with Crippen molar-refractivity contribution in [2.45, 2.75) is 12.1 Å². The van der Waals surface area contributed by atoms with E-state index in [0.717, 1.165) is 0 Å². The monoisotopic (exact) mass is 198 g/mol. The number of rotatable bonds is 3. The van der Waals surface area contributed by atoms with E-state index in [4.69, 9.17) is 9.15 Å². The number of thioether (sulfide) groups is 1. The summed E-state index contributed by atoms with van der Waals surface area (Å²) in [5.74, 6) is 6.95. The van der Waals surface area contributed by atoms with Crippen LogP contribution in [0.1, 0.15) is 5.89 Å². The van der Waals surface area contributed by atoms with Crippen LogP contribution in [0.4, 0.5) is 0 Å². The molecule has 13 heavy (non-hydrogen) atoms. The molecule has 1 aromatic rings. The predicted molar refractivity (Wildman–Crippen MR) is 49.4 cm³/mol. The van der Waals surface area contributed by atoms with E-state index >= 15 is 0 Å². The van der Waals surface area contributed by atoms with Crippen molar-refractivity contribution in [2.24, 2.45) is 0 Å². The lowest BCUT2D eigenvalue weighted by molar-refractivity contribution is 0.240. The Morgan fingerprint density at radius 2 is 2.31 bits per heavy atom. The van der Waals surface area contributed by atoms with Crippen LogP contribution in [0.5, 0.6) is 0 Å². The maximum absolute atomic E-state index is 5.13. The van der Waals surface area contributed by atoms with Crippen molar-refractivity contribution in [2.75, 3.05) is 19.5 Å². The van der Waals surface area contributed by atoms with E-state index in [1.165, 1.54) is 11.8 Å². The van der Waals surface area contributed by atoms with Crippen LogP contribution in [-0.2, 0) is 4.74 Å². The smallest absolute Gasteiger partial charge is 0.277 e. The number of aromatic nitrogens is 2. The minimum atomic E-state index is 0.462. The summed E-state index contributed by atoms with van der Waals surface area (Å²) in [4.78, 5) is 0. The summed E-state index contributed by atoms with van der Waals surface area (Å²) in [5, 5.41) is 8.06. The second kappa shape index (κ2) is 5.62. The molecule has 0 aromatic carbocycles. The summed E-state index contributed by atoms with van der Waals surface area (Å²) in [6.07, 6.45) is 0. The van der Waals surface area contributed by atoms with E-state index in [-0.39, 0.29) is 0 Å². The number of methoxy groups -OCH3 is 1. The van der Waals surface area contributed by atoms with E-state index in [1.54, 1.807) is 14.0 Å². The number of aryl methyl sites for hydroxylation is 1. The largest absolute Gasteiger partial charge is 0.416 e. The van der Waals surface area contributed by atoms with E-state index < -0.39 is 0 Å². The molecule has 0 amide bonds. The topological polar surface area (TPSA) is 48.2 Å². The van der Waals surface area contributed by atoms with Crippen molar-refractivity contribution < 1.29 is 9.15 Å². The Hall–Kier alpha value is -0.990. The van der Waals surface area contributed by atoms with Crippen molar-refractivity contribution in [3.8, 4) is 11.8 Å². The van der Waals surface area contributed by atoms with Crippen LogP contribution in [0.3, 0.4) is 0 Å². The zero-order valence-electron chi connectivity index (χ0n) is 7.53. The Morgan fingerprint density at radius 3 is 2.92 bits per heavy atom. The van der Waals surface area contributed by atoms with Gasteiger partial charge in [-0.25, -0.2) is 0 Å². The lowest BCUT2D eigenvalue weighted by atomic mass is 10.6. The highest BCUT2D eigenvalue weighted by Crippen LogP contribution is 2.14. The zero-order valence-corrected chi connectivity index (χ0v) is 8.35. The molecular formula is C8H10N2O2S. The fourth-order valence-electron chi connectivity index (χ4n) is 0.609. The summed E-state index contributed by atoms with van der Waals surface area (Å²) >= 11 is 1.42. The van der Waals surface area contributed by atoms with E-state index in [1.807, 2.05) is 0 Å². The van der Waals surface area contributed by atoms with Crippen molar-refractivity contribution >= 4 is 11.8 Å². The van der Waals surface area contributed by atoms with Crippen LogP contribution in [-0.4, -0.2) is 29.7 Å². The third kappa shape index (κ3) is 3.97. The van der Waals surface area contributed by atoms with Gasteiger partial charge in [0.2, 0.25) is 5.89 Å². The van der Waals surface area contributed by atoms with Gasteiger partial charge in [-0.15, -0.1) is 10.2 Å². The molecule has 1 aromatic heterocycles. The molecule has 4 nitrogen and oxygen atoms in total. The van der Waals surface area contributed by atoms with Gasteiger partial charge < -0.3 is 9.15 Å². The molecule has 0 atom stereocenters. The van der Waals surface area contributed by atoms with Gasteiger partial charge >= 0.3 is 0 Å². The number of hydrogen-bond acceptors (Lipinski definition) is 5. The SMILES string of the molecule is COCC#CCSc1nnc(C)o1. The summed E-state index contributed by atoms with van der Waals surface area (Å²) in [6, 6.07) is 0. The van der Waals surface area contributed by atoms with Gasteiger partial charge in [-0.05, 0) is 0 Å². The third-order valence-corrected chi connectivity index (χ3v) is 1.82. The predicted octanol–water partition coefficient (Wildman–Crippen LogP) is 1.12. The second-order valence-electron chi connectivity index (χ2n) is 2.16. The zero-order chi connectivity index (χ0) is 9.52. The maximum Gasteiger partial charge on any atom is 0.277 e. The summed E-state index contributed by atoms with van der Waals surface area (Å²) < 4.78 is 9.90. The van der Waals surface area contributed by atoms with Gasteiger partial charge in [0.25, 0.3) is 5.22 Å². The molecule has 0 radical (unpaired) electrons. The Balaban J connectivity index is 2.24. The van der Waals surface area contributed by atoms with Crippen molar-refractivity contribution in [3.05, 3.63) is 5.89 Å². The summed E-state index contributed by atoms with van der Waals surface area (Å²) in [7, 11) is 1.61. The van der Waals surface area contributed by atoms with Gasteiger partial charge in [-0.1, -0.05) is 23.6 Å². The average Bonchev–Trinajstić information content (AvgIpc) is 2.51. The molecule has 0 aliphatic carbocycles. The van der Waals surface area contributed by atoms with Crippen LogP contribution < -0.4 is 0 Å². The quantitative estimate of drug-likeness (QED) is 0.538. The first kappa shape index (κ1) is 10.1. The van der Waals surface area contributed by atoms with Crippen molar-refractivity contribution in [1.82, 2.24) is 10.2 Å². The Labute approximate surface area is 81.1 Å². The normalized spacial score (nSPS) is 9.38. The highest BCUT2D eigenvalue weighted by molar-refractivity contribution is 7.99. The maximum atomic E-state index is 5.13. The molecule has 70 valence electrons. The molecule has 0 bridgehead atoms. The van der Waals surface area contributed by atoms with Crippen LogP contribution in [0.2, 0.25) is 0 Å². The van der Waals surface area contributed by atoms with Crippen LogP contribution >= 0.6 is 11.8 Å². The van der Waals surface area contributed by atoms with Gasteiger partial charge in [-0.3, -0.25) is 0 Å². The Morgan fingerprint density at radius 1 is 1.46 bits per heavy atom. The van der Waals surface area contributed by atoms with E-state index in [0.29, 0.717) is 23.5 Å². The number of hydrogen-bond donors (Lipinski definition) is 0. The van der Waals surface area contributed by atoms with Crippen molar-refractivity contribution in [3.63, 3.8) is 0 Å². The van der Waals surface area contributed by atoms with Gasteiger partial charge in [0, 0.05) is 14.0 Å². The Bertz CT molecular complexity index is 313. The second-order valence-corrected chi connectivity index (χ2v) is 3.09. The first-order chi connectivity index (χ1) is 6.33. The van der Waals surface area contributed by atoms with E-state index in [9.17, 15) is 0 Å². The molecule has 1 rings (SSSR count). The van der Waals surface area contributed by atoms with Crippen LogP contribution in [0.15, 0.2) is 9.64 Å². The molecular weight excluding hydrogens is 188 g/mol. The first-order valence-corrected chi connectivity index (χ1v) is 4.69. The molecule has 0 aliphatic rings. The van der Waals surface area contributed by atoms with Gasteiger partial charge in [0.1, 0.15) is 6.61 Å². The third-order valence-electron chi connectivity index (χ3n) is 1.12. The molecule has 0 saturated carbocycles. The molecule has 0 fully saturated rings. The number of ether oxygens (including phenoxy) is 1. The molecule has 0 saturated heterocycles. The average molecular weight is 198 g/mol. The first-order valence-electron chi connectivity index (χ1n) is 3.70. The Kier molecular flexibility index (Phi) is 4.36. The number of nitrogens with zero attached hydrogens (tertiary/aromatic N) is 2. The van der Waals surface area contributed by atoms with Gasteiger partial charge in [-0.2, -0.15) is 0 Å². The van der Waals surface area contributed by atoms with E-state index in [2.05, 4.69) is 22.0 Å². The highest BCUT2D eigenvalue weighted by atomic mass is 32.2. The van der Waals surface area contributed by atoms with Crippen molar-refractivity contribution in [1.29, 1.82) is 0 Å². The lowest BCUT2D eigenvalue weighted by Crippen LogP contribution is -1.82. The molecule has 0 spiro atoms. The lowest BCUT2D eigenvalue weighted by Gasteiger charge is -1.85. The van der Waals surface area contributed by atoms with Gasteiger partial charge in [0.15, 0.2) is 0 Å². The summed E-state index contributed by atoms with van der Waals surface area (Å²) in [5.41, 5.74) is 0. The van der Waals surface area contributed by atoms with Gasteiger partial charge in [0.05, 0.1) is 5.75 Å². The molecule has 1 heterocycles. The fourth-order valence-corrected chi connectivity index (χ4v) is 1.18. The fraction of sp³-hybridized carbons (Fsp3) is 0.500. The molecule has 0 N–H and O–H groups in total. The minimum absolute atomic E-state index is 0.462. The summed E-state index contributed by atoms with van der Waals surface area (Å²) in [6.45, 7) is 2.22. The standard InChI is InChI=1S/C8H10N2O2S/c1-7-9-10-8(12-7)13-6-4-3-5-11-2/h5-6H2,1-2H3. The molecule has 0 unspecified atom stereocenters. The highest BCUT2D eigenvalue weighted by Gasteiger charge is 1.99. The van der Waals surface area contributed by atoms with Crippen LogP contribution in [0, 0.1) is 18.8 Å².